The zero-order chi connectivity index (χ0) is 3.41. The molecule has 5 heavy (non-hydrogen) atoms. The summed E-state index contributed by atoms with van der Waals surface area (Å²) in [4.78, 5) is 0. The van der Waals surface area contributed by atoms with Gasteiger partial charge in [0.1, 0.15) is 0 Å². The molecule has 0 aromatic heterocycles. The Kier molecular flexibility index (Phi) is 16.5. The van der Waals surface area contributed by atoms with E-state index in [1.807, 2.05) is 0 Å². The van der Waals surface area contributed by atoms with E-state index in [0.29, 0.717) is 0 Å². The van der Waals surface area contributed by atoms with E-state index in [2.05, 4.69) is 12.5 Å². The molecule has 34 valence electrons. The Morgan fingerprint density at radius 3 is 1.20 bits per heavy atom. The van der Waals surface area contributed by atoms with Crippen LogP contribution in [-0.4, -0.2) is 23.5 Å². The minimum Gasteiger partial charge on any atom is -0.0979 e. The third-order valence-corrected chi connectivity index (χ3v) is 1.50. The van der Waals surface area contributed by atoms with E-state index in [1.54, 1.807) is 21.6 Å². The van der Waals surface area contributed by atoms with Gasteiger partial charge < -0.3 is 0 Å². The summed E-state index contributed by atoms with van der Waals surface area (Å²) in [6.45, 7) is 0. The van der Waals surface area contributed by atoms with E-state index in [-0.39, 0.29) is 11.0 Å². The number of hydrogen-bond acceptors (Lipinski definition) is 2. The Morgan fingerprint density at radius 1 is 1.00 bits per heavy atom. The highest BCUT2D eigenvalue weighted by atomic mass is 33.1. The molecular weight excluding hydrogens is 116 g/mol. The van der Waals surface area contributed by atoms with Gasteiger partial charge in [0.2, 0.25) is 0 Å². The maximum atomic E-state index is 2.06. The molecule has 0 bridgehead atoms. The normalized spacial score (nSPS) is 6.00. The first kappa shape index (κ1) is 9.32. The second-order valence-corrected chi connectivity index (χ2v) is 3.00. The third kappa shape index (κ3) is 11.4. The third-order valence-electron chi connectivity index (χ3n) is 0.167. The van der Waals surface area contributed by atoms with Crippen LogP contribution in [-0.2, 0) is 0 Å². The van der Waals surface area contributed by atoms with Gasteiger partial charge in [-0.25, -0.2) is 0 Å². The Balaban J connectivity index is 0. The number of hydrogen-bond donors (Lipinski definition) is 0. The van der Waals surface area contributed by atoms with Crippen LogP contribution in [0.2, 0.25) is 0 Å². The van der Waals surface area contributed by atoms with Crippen molar-refractivity contribution in [3.8, 4) is 0 Å². The van der Waals surface area contributed by atoms with E-state index in [9.17, 15) is 0 Å². The molecule has 0 aliphatic carbocycles. The largest absolute Gasteiger partial charge is 0.0979 e. The van der Waals surface area contributed by atoms with Gasteiger partial charge in [-0.2, -0.15) is 0 Å². The fourth-order valence-electron chi connectivity index (χ4n) is 0. The van der Waals surface area contributed by atoms with Crippen LogP contribution in [0.4, 0.5) is 0 Å². The van der Waals surface area contributed by atoms with Crippen LogP contribution >= 0.6 is 21.6 Å². The van der Waals surface area contributed by atoms with Gasteiger partial charge in [0, 0.05) is 0 Å². The van der Waals surface area contributed by atoms with Gasteiger partial charge in [-0.05, 0) is 23.5 Å². The quantitative estimate of drug-likeness (QED) is 0.363. The lowest BCUT2D eigenvalue weighted by molar-refractivity contribution is 2.51. The van der Waals surface area contributed by atoms with Gasteiger partial charge in [-0.3, -0.25) is 0 Å². The standard InChI is InChI=1S/C2H6S2.H4Si/c1-3-4-2;/h1-2H3;1H4. The molecule has 0 atom stereocenters. The molecule has 0 heterocycles. The lowest BCUT2D eigenvalue weighted by Crippen LogP contribution is -1.28. The maximum Gasteiger partial charge on any atom is -0.00793 e. The summed E-state index contributed by atoms with van der Waals surface area (Å²) < 4.78 is 0. The Hall–Kier alpha value is 0.917. The SMILES string of the molecule is CSSC.[SiH4]. The topological polar surface area (TPSA) is 0 Å². The molecule has 3 heteroatoms. The van der Waals surface area contributed by atoms with Gasteiger partial charge in [0.25, 0.3) is 0 Å². The van der Waals surface area contributed by atoms with Gasteiger partial charge >= 0.3 is 0 Å². The molecule has 0 aromatic rings. The molecule has 0 amide bonds. The predicted octanol–water partition coefficient (Wildman–Crippen LogP) is 0.176. The first-order valence-electron chi connectivity index (χ1n) is 0.983. The second-order valence-electron chi connectivity index (χ2n) is 0.333. The van der Waals surface area contributed by atoms with Crippen LogP contribution in [0, 0.1) is 0 Å². The first-order valence-corrected chi connectivity index (χ1v) is 3.95. The molecule has 0 aliphatic rings. The fourth-order valence-corrected chi connectivity index (χ4v) is 0. The average Bonchev–Trinajstić information content (AvgIpc) is 1.37. The van der Waals surface area contributed by atoms with Crippen molar-refractivity contribution in [2.75, 3.05) is 12.5 Å². The summed E-state index contributed by atoms with van der Waals surface area (Å²) in [6, 6.07) is 0. The van der Waals surface area contributed by atoms with Crippen molar-refractivity contribution < 1.29 is 0 Å². The van der Waals surface area contributed by atoms with Crippen LogP contribution < -0.4 is 0 Å². The van der Waals surface area contributed by atoms with E-state index < -0.39 is 0 Å². The molecule has 0 aromatic carbocycles. The van der Waals surface area contributed by atoms with Crippen LogP contribution in [0.15, 0.2) is 0 Å². The van der Waals surface area contributed by atoms with Crippen molar-refractivity contribution in [2.45, 2.75) is 0 Å². The molecule has 0 aliphatic heterocycles. The summed E-state index contributed by atoms with van der Waals surface area (Å²) in [7, 11) is 3.55. The van der Waals surface area contributed by atoms with Crippen LogP contribution in [0.5, 0.6) is 0 Å². The molecular formula is C2H10S2Si. The van der Waals surface area contributed by atoms with Gasteiger partial charge in [0.05, 0.1) is 0 Å². The second kappa shape index (κ2) is 8.87. The van der Waals surface area contributed by atoms with Crippen molar-refractivity contribution >= 4 is 32.6 Å². The Morgan fingerprint density at radius 2 is 1.20 bits per heavy atom. The Bertz CT molecular complexity index is 9.61. The van der Waals surface area contributed by atoms with Crippen LogP contribution in [0.25, 0.3) is 0 Å². The molecule has 0 spiro atoms. The molecule has 0 fully saturated rings. The minimum absolute atomic E-state index is 0. The zero-order valence-corrected chi connectivity index (χ0v) is 4.45. The first-order chi connectivity index (χ1) is 1.91. The molecule has 0 radical (unpaired) electrons. The predicted molar refractivity (Wildman–Crippen MR) is 38.4 cm³/mol. The monoisotopic (exact) mass is 126 g/mol. The van der Waals surface area contributed by atoms with Crippen molar-refractivity contribution in [3.63, 3.8) is 0 Å². The molecule has 0 saturated heterocycles. The van der Waals surface area contributed by atoms with E-state index in [0.717, 1.165) is 0 Å². The fraction of sp³-hybridized carbons (Fsp3) is 1.00. The minimum atomic E-state index is 0. The average molecular weight is 126 g/mol. The molecule has 0 saturated carbocycles. The zero-order valence-electron chi connectivity index (χ0n) is 2.82. The van der Waals surface area contributed by atoms with Gasteiger partial charge in [0.15, 0.2) is 0 Å². The van der Waals surface area contributed by atoms with Crippen molar-refractivity contribution in [3.05, 3.63) is 0 Å². The summed E-state index contributed by atoms with van der Waals surface area (Å²) in [5, 5.41) is 0. The van der Waals surface area contributed by atoms with Gasteiger partial charge in [-0.1, -0.05) is 21.6 Å². The van der Waals surface area contributed by atoms with Crippen molar-refractivity contribution in [1.82, 2.24) is 0 Å². The lowest BCUT2D eigenvalue weighted by Gasteiger charge is -1.69. The van der Waals surface area contributed by atoms with Crippen LogP contribution in [0.3, 0.4) is 0 Å². The van der Waals surface area contributed by atoms with Gasteiger partial charge in [-0.15, -0.1) is 0 Å². The van der Waals surface area contributed by atoms with E-state index >= 15 is 0 Å². The highest BCUT2D eigenvalue weighted by Gasteiger charge is 1.55. The smallest absolute Gasteiger partial charge is 0.00793 e. The number of rotatable bonds is 1. The summed E-state index contributed by atoms with van der Waals surface area (Å²) >= 11 is 0. The van der Waals surface area contributed by atoms with Crippen molar-refractivity contribution in [1.29, 1.82) is 0 Å². The van der Waals surface area contributed by atoms with Crippen molar-refractivity contribution in [2.24, 2.45) is 0 Å². The summed E-state index contributed by atoms with van der Waals surface area (Å²) in [6.07, 6.45) is 4.12. The molecule has 0 unspecified atom stereocenters. The highest BCUT2D eigenvalue weighted by Crippen LogP contribution is 2.09. The molecule has 0 nitrogen and oxygen atoms in total. The molecule has 0 rings (SSSR count). The summed E-state index contributed by atoms with van der Waals surface area (Å²) in [5.41, 5.74) is 0. The molecule has 0 N–H and O–H groups in total. The summed E-state index contributed by atoms with van der Waals surface area (Å²) in [5.74, 6) is 0. The maximum absolute atomic E-state index is 2.06. The van der Waals surface area contributed by atoms with Crippen LogP contribution in [0.1, 0.15) is 0 Å². The van der Waals surface area contributed by atoms with E-state index in [1.165, 1.54) is 0 Å². The highest BCUT2D eigenvalue weighted by molar-refractivity contribution is 8.76. The Labute approximate surface area is 45.5 Å². The van der Waals surface area contributed by atoms with E-state index in [4.69, 9.17) is 0 Å². The lowest BCUT2D eigenvalue weighted by atomic mass is 12.0.